The van der Waals surface area contributed by atoms with Gasteiger partial charge in [-0.1, -0.05) is 24.3 Å². The van der Waals surface area contributed by atoms with Crippen LogP contribution in [0.3, 0.4) is 0 Å². The van der Waals surface area contributed by atoms with E-state index in [1.807, 2.05) is 53.7 Å². The van der Waals surface area contributed by atoms with Crippen LogP contribution in [-0.4, -0.2) is 52.9 Å². The van der Waals surface area contributed by atoms with Crippen LogP contribution in [0.5, 0.6) is 0 Å². The number of carbonyl (C=O) groups is 2. The molecule has 2 aromatic heterocycles. The van der Waals surface area contributed by atoms with Gasteiger partial charge < -0.3 is 14.7 Å². The van der Waals surface area contributed by atoms with Crippen molar-refractivity contribution in [3.05, 3.63) is 84.4 Å². The predicted molar refractivity (Wildman–Crippen MR) is 127 cm³/mol. The van der Waals surface area contributed by atoms with Crippen LogP contribution in [-0.2, 0) is 11.3 Å². The number of rotatable bonds is 4. The second kappa shape index (κ2) is 9.40. The fourth-order valence-corrected chi connectivity index (χ4v) is 4.73. The van der Waals surface area contributed by atoms with Gasteiger partial charge in [-0.3, -0.25) is 19.6 Å². The molecule has 0 aliphatic carbocycles. The van der Waals surface area contributed by atoms with Crippen molar-refractivity contribution in [2.24, 2.45) is 5.92 Å². The smallest absolute Gasteiger partial charge is 0.273 e. The summed E-state index contributed by atoms with van der Waals surface area (Å²) in [6.07, 6.45) is 7.29. The number of aromatic nitrogens is 2. The highest BCUT2D eigenvalue weighted by molar-refractivity contribution is 6.01. The molecule has 4 heterocycles. The van der Waals surface area contributed by atoms with Gasteiger partial charge in [-0.05, 0) is 54.7 Å². The molecule has 7 nitrogen and oxygen atoms in total. The van der Waals surface area contributed by atoms with E-state index in [-0.39, 0.29) is 18.4 Å². The van der Waals surface area contributed by atoms with E-state index >= 15 is 0 Å². The van der Waals surface area contributed by atoms with Crippen molar-refractivity contribution in [1.82, 2.24) is 14.9 Å². The summed E-state index contributed by atoms with van der Waals surface area (Å²) in [7, 11) is 0. The van der Waals surface area contributed by atoms with E-state index in [9.17, 15) is 9.59 Å². The second-order valence-electron chi connectivity index (χ2n) is 8.65. The molecule has 33 heavy (non-hydrogen) atoms. The normalized spacial score (nSPS) is 17.0. The Hall–Kier alpha value is -3.74. The molecule has 3 aromatic rings. The lowest BCUT2D eigenvalue weighted by Crippen LogP contribution is -2.44. The van der Waals surface area contributed by atoms with Gasteiger partial charge in [0.2, 0.25) is 5.91 Å². The summed E-state index contributed by atoms with van der Waals surface area (Å²) in [5, 5.41) is 0. The van der Waals surface area contributed by atoms with E-state index < -0.39 is 0 Å². The Morgan fingerprint density at radius 2 is 1.67 bits per heavy atom. The summed E-state index contributed by atoms with van der Waals surface area (Å²) < 4.78 is 0. The molecule has 1 fully saturated rings. The average molecular weight is 442 g/mol. The highest BCUT2D eigenvalue weighted by Crippen LogP contribution is 2.30. The molecule has 2 aliphatic rings. The Balaban J connectivity index is 1.31. The number of pyridine rings is 2. The Morgan fingerprint density at radius 3 is 2.42 bits per heavy atom. The zero-order valence-electron chi connectivity index (χ0n) is 18.5. The number of carbonyl (C=O) groups excluding carboxylic acids is 2. The molecule has 5 rings (SSSR count). The van der Waals surface area contributed by atoms with Crippen LogP contribution < -0.4 is 9.80 Å². The summed E-state index contributed by atoms with van der Waals surface area (Å²) >= 11 is 0. The Kier molecular flexibility index (Phi) is 6.02. The van der Waals surface area contributed by atoms with Gasteiger partial charge in [0.25, 0.3) is 5.91 Å². The highest BCUT2D eigenvalue weighted by atomic mass is 16.2. The van der Waals surface area contributed by atoms with Crippen LogP contribution in [0.1, 0.15) is 28.9 Å². The first kappa shape index (κ1) is 21.1. The van der Waals surface area contributed by atoms with Crippen molar-refractivity contribution < 1.29 is 9.59 Å². The number of amides is 2. The minimum Gasteiger partial charge on any atom is -0.371 e. The van der Waals surface area contributed by atoms with Gasteiger partial charge in [0.1, 0.15) is 12.2 Å². The van der Waals surface area contributed by atoms with E-state index in [2.05, 4.69) is 14.9 Å². The SMILES string of the molecule is O=C(c1ccccn1)N1CC(=O)N(CC2CCN(c3ccncc3)CC2)c2ccccc2C1. The fourth-order valence-electron chi connectivity index (χ4n) is 4.73. The number of nitrogens with zero attached hydrogens (tertiary/aromatic N) is 5. The van der Waals surface area contributed by atoms with E-state index in [1.165, 1.54) is 5.69 Å². The molecular weight excluding hydrogens is 414 g/mol. The summed E-state index contributed by atoms with van der Waals surface area (Å²) in [4.78, 5) is 40.6. The third kappa shape index (κ3) is 4.58. The molecule has 1 aromatic carbocycles. The second-order valence-corrected chi connectivity index (χ2v) is 8.65. The van der Waals surface area contributed by atoms with Gasteiger partial charge >= 0.3 is 0 Å². The zero-order valence-corrected chi connectivity index (χ0v) is 18.5. The molecule has 0 saturated carbocycles. The lowest BCUT2D eigenvalue weighted by atomic mass is 9.95. The number of fused-ring (bicyclic) bond motifs is 1. The van der Waals surface area contributed by atoms with Gasteiger partial charge in [-0.2, -0.15) is 0 Å². The van der Waals surface area contributed by atoms with Crippen LogP contribution in [0.4, 0.5) is 11.4 Å². The maximum Gasteiger partial charge on any atom is 0.273 e. The van der Waals surface area contributed by atoms with Crippen LogP contribution in [0.25, 0.3) is 0 Å². The van der Waals surface area contributed by atoms with Crippen LogP contribution >= 0.6 is 0 Å². The topological polar surface area (TPSA) is 69.6 Å². The molecule has 0 N–H and O–H groups in total. The van der Waals surface area contributed by atoms with Gasteiger partial charge in [0.15, 0.2) is 0 Å². The van der Waals surface area contributed by atoms with E-state index in [0.29, 0.717) is 24.7 Å². The maximum atomic E-state index is 13.4. The number of piperidine rings is 1. The Morgan fingerprint density at radius 1 is 0.909 bits per heavy atom. The summed E-state index contributed by atoms with van der Waals surface area (Å²) in [5.74, 6) is 0.158. The first-order chi connectivity index (χ1) is 16.2. The van der Waals surface area contributed by atoms with E-state index in [0.717, 1.165) is 37.2 Å². The van der Waals surface area contributed by atoms with E-state index in [4.69, 9.17) is 0 Å². The molecule has 2 aliphatic heterocycles. The van der Waals surface area contributed by atoms with Gasteiger partial charge in [0, 0.05) is 56.1 Å². The van der Waals surface area contributed by atoms with Gasteiger partial charge in [-0.25, -0.2) is 0 Å². The lowest BCUT2D eigenvalue weighted by molar-refractivity contribution is -0.119. The first-order valence-electron chi connectivity index (χ1n) is 11.4. The fraction of sp³-hybridized carbons (Fsp3) is 0.308. The minimum absolute atomic E-state index is 0.0409. The molecule has 1 saturated heterocycles. The van der Waals surface area contributed by atoms with Crippen molar-refractivity contribution >= 4 is 23.2 Å². The molecule has 2 amide bonds. The standard InChI is InChI=1S/C26H27N5O2/c32-25-19-30(26(33)23-6-3-4-12-28-23)18-21-5-1-2-7-24(21)31(25)17-20-10-15-29(16-11-20)22-8-13-27-14-9-22/h1-9,12-14,20H,10-11,15-19H2. The third-order valence-electron chi connectivity index (χ3n) is 6.53. The third-order valence-corrected chi connectivity index (χ3v) is 6.53. The molecule has 0 radical (unpaired) electrons. The molecule has 7 heteroatoms. The molecular formula is C26H27N5O2. The molecule has 0 unspecified atom stereocenters. The quantitative estimate of drug-likeness (QED) is 0.621. The Bertz CT molecular complexity index is 1110. The lowest BCUT2D eigenvalue weighted by Gasteiger charge is -2.36. The summed E-state index contributed by atoms with van der Waals surface area (Å²) in [6.45, 7) is 3.05. The Labute approximate surface area is 193 Å². The molecule has 0 atom stereocenters. The highest BCUT2D eigenvalue weighted by Gasteiger charge is 2.32. The van der Waals surface area contributed by atoms with Crippen molar-refractivity contribution in [2.45, 2.75) is 19.4 Å². The zero-order chi connectivity index (χ0) is 22.6. The van der Waals surface area contributed by atoms with E-state index in [1.54, 1.807) is 29.3 Å². The average Bonchev–Trinajstić information content (AvgIpc) is 3.01. The van der Waals surface area contributed by atoms with Crippen molar-refractivity contribution in [3.8, 4) is 0 Å². The number of anilines is 2. The summed E-state index contributed by atoms with van der Waals surface area (Å²) in [6, 6.07) is 17.3. The van der Waals surface area contributed by atoms with Crippen LogP contribution in [0, 0.1) is 5.92 Å². The van der Waals surface area contributed by atoms with Gasteiger partial charge in [-0.15, -0.1) is 0 Å². The maximum absolute atomic E-state index is 13.4. The number of hydrogen-bond donors (Lipinski definition) is 0. The monoisotopic (exact) mass is 441 g/mol. The van der Waals surface area contributed by atoms with Gasteiger partial charge in [0.05, 0.1) is 0 Å². The number of hydrogen-bond acceptors (Lipinski definition) is 5. The first-order valence-corrected chi connectivity index (χ1v) is 11.4. The van der Waals surface area contributed by atoms with Crippen LogP contribution in [0.2, 0.25) is 0 Å². The molecule has 168 valence electrons. The predicted octanol–water partition coefficient (Wildman–Crippen LogP) is 3.38. The minimum atomic E-state index is -0.216. The molecule has 0 bridgehead atoms. The molecule has 0 spiro atoms. The van der Waals surface area contributed by atoms with Crippen molar-refractivity contribution in [1.29, 1.82) is 0 Å². The van der Waals surface area contributed by atoms with Crippen molar-refractivity contribution in [3.63, 3.8) is 0 Å². The summed E-state index contributed by atoms with van der Waals surface area (Å²) in [5.41, 5.74) is 3.46. The number of benzene rings is 1. The largest absolute Gasteiger partial charge is 0.371 e. The number of para-hydroxylation sites is 1. The van der Waals surface area contributed by atoms with Crippen LogP contribution in [0.15, 0.2) is 73.2 Å². The van der Waals surface area contributed by atoms with Crippen molar-refractivity contribution in [2.75, 3.05) is 36.0 Å².